The fourth-order valence-electron chi connectivity index (χ4n) is 4.71. The molecule has 0 radical (unpaired) electrons. The van der Waals surface area contributed by atoms with Crippen LogP contribution >= 0.6 is 0 Å². The van der Waals surface area contributed by atoms with Crippen LogP contribution in [0.1, 0.15) is 54.1 Å². The molecule has 0 N–H and O–H groups in total. The van der Waals surface area contributed by atoms with Gasteiger partial charge >= 0.3 is 5.97 Å². The zero-order valence-electron chi connectivity index (χ0n) is 19.0. The van der Waals surface area contributed by atoms with Crippen LogP contribution in [0.3, 0.4) is 0 Å². The smallest absolute Gasteiger partial charge is 0.334 e. The van der Waals surface area contributed by atoms with Crippen molar-refractivity contribution in [3.05, 3.63) is 93.1 Å². The van der Waals surface area contributed by atoms with Gasteiger partial charge in [0.1, 0.15) is 12.0 Å². The van der Waals surface area contributed by atoms with E-state index in [4.69, 9.17) is 9.47 Å². The van der Waals surface area contributed by atoms with Crippen molar-refractivity contribution in [2.24, 2.45) is 0 Å². The van der Waals surface area contributed by atoms with Crippen molar-refractivity contribution in [1.82, 2.24) is 0 Å². The van der Waals surface area contributed by atoms with Gasteiger partial charge in [0.25, 0.3) is 0 Å². The lowest BCUT2D eigenvalue weighted by Crippen LogP contribution is -2.23. The van der Waals surface area contributed by atoms with Crippen LogP contribution in [0, 0.1) is 0 Å². The topological polar surface area (TPSA) is 69.7 Å². The summed E-state index contributed by atoms with van der Waals surface area (Å²) in [4.78, 5) is 37.8. The molecule has 0 saturated carbocycles. The first-order valence-corrected chi connectivity index (χ1v) is 11.0. The van der Waals surface area contributed by atoms with Crippen molar-refractivity contribution in [3.8, 4) is 5.75 Å². The molecule has 5 nitrogen and oxygen atoms in total. The molecule has 0 aliphatic heterocycles. The number of ether oxygens (including phenoxy) is 2. The largest absolute Gasteiger partial charge is 0.497 e. The first-order chi connectivity index (χ1) is 16.0. The molecule has 1 atom stereocenters. The third-order valence-corrected chi connectivity index (χ3v) is 6.17. The molecule has 1 unspecified atom stereocenters. The summed E-state index contributed by atoms with van der Waals surface area (Å²) in [5, 5.41) is 0. The van der Waals surface area contributed by atoms with Crippen LogP contribution < -0.4 is 4.74 Å². The summed E-state index contributed by atoms with van der Waals surface area (Å²) in [6, 6.07) is 14.6. The van der Waals surface area contributed by atoms with E-state index in [0.29, 0.717) is 40.9 Å². The number of carbonyl (C=O) groups is 3. The Morgan fingerprint density at radius 2 is 1.82 bits per heavy atom. The lowest BCUT2D eigenvalue weighted by molar-refractivity contribution is -0.138. The number of carbonyl (C=O) groups excluding carboxylic acids is 3. The summed E-state index contributed by atoms with van der Waals surface area (Å²) in [5.41, 5.74) is 6.03. The number of esters is 1. The molecule has 0 heterocycles. The third-order valence-electron chi connectivity index (χ3n) is 6.17. The number of benzene rings is 2. The summed E-state index contributed by atoms with van der Waals surface area (Å²) in [5.74, 6) is -0.225. The van der Waals surface area contributed by atoms with Gasteiger partial charge in [-0.15, -0.1) is 0 Å². The number of aldehydes is 1. The first-order valence-electron chi connectivity index (χ1n) is 11.0. The van der Waals surface area contributed by atoms with Crippen molar-refractivity contribution < 1.29 is 23.9 Å². The number of allylic oxidation sites excluding steroid dienone is 4. The molecule has 0 saturated heterocycles. The van der Waals surface area contributed by atoms with E-state index >= 15 is 0 Å². The summed E-state index contributed by atoms with van der Waals surface area (Å²) in [6.45, 7) is 3.98. The second kappa shape index (κ2) is 9.41. The highest BCUT2D eigenvalue weighted by Gasteiger charge is 2.41. The Labute approximate surface area is 193 Å². The second-order valence-corrected chi connectivity index (χ2v) is 8.28. The molecule has 168 valence electrons. The summed E-state index contributed by atoms with van der Waals surface area (Å²) < 4.78 is 10.7. The van der Waals surface area contributed by atoms with Crippen LogP contribution in [-0.4, -0.2) is 31.8 Å². The normalized spacial score (nSPS) is 19.1. The molecule has 2 aliphatic carbocycles. The molecule has 2 aromatic carbocycles. The number of hydrogen-bond donors (Lipinski definition) is 0. The molecule has 0 aromatic heterocycles. The lowest BCUT2D eigenvalue weighted by Gasteiger charge is -2.28. The number of ketones is 1. The van der Waals surface area contributed by atoms with Gasteiger partial charge in [0.05, 0.1) is 13.7 Å². The van der Waals surface area contributed by atoms with Gasteiger partial charge in [0, 0.05) is 28.2 Å². The van der Waals surface area contributed by atoms with Crippen molar-refractivity contribution in [2.45, 2.75) is 32.6 Å². The van der Waals surface area contributed by atoms with E-state index in [1.54, 1.807) is 32.2 Å². The van der Waals surface area contributed by atoms with Crippen molar-refractivity contribution in [2.75, 3.05) is 13.7 Å². The van der Waals surface area contributed by atoms with Crippen molar-refractivity contribution >= 4 is 24.1 Å². The average Bonchev–Trinajstić information content (AvgIpc) is 3.12. The maximum absolute atomic E-state index is 13.6. The molecule has 0 fully saturated rings. The van der Waals surface area contributed by atoms with Gasteiger partial charge in [0.2, 0.25) is 0 Å². The van der Waals surface area contributed by atoms with Crippen LogP contribution in [0.25, 0.3) is 6.08 Å². The summed E-state index contributed by atoms with van der Waals surface area (Å²) >= 11 is 0. The van der Waals surface area contributed by atoms with E-state index in [2.05, 4.69) is 0 Å². The van der Waals surface area contributed by atoms with Gasteiger partial charge in [-0.25, -0.2) is 4.79 Å². The van der Waals surface area contributed by atoms with E-state index in [-0.39, 0.29) is 18.4 Å². The zero-order chi connectivity index (χ0) is 23.5. The SMILES string of the molecule is CCOC(=O)C1=C(C)CC2=C(C(=O)C(=Cc3cccc(C=O)c3)C2)C1c1ccc(OC)cc1. The minimum absolute atomic E-state index is 0.0587. The zero-order valence-corrected chi connectivity index (χ0v) is 19.0. The van der Waals surface area contributed by atoms with Gasteiger partial charge in [-0.3, -0.25) is 9.59 Å². The number of Topliss-reactive ketones (excluding diaryl/α,β-unsaturated/α-hetero) is 1. The quantitative estimate of drug-likeness (QED) is 0.348. The molecule has 0 spiro atoms. The van der Waals surface area contributed by atoms with Gasteiger partial charge < -0.3 is 9.47 Å². The van der Waals surface area contributed by atoms with E-state index in [1.165, 1.54) is 0 Å². The fraction of sp³-hybridized carbons (Fsp3) is 0.250. The fourth-order valence-corrected chi connectivity index (χ4v) is 4.71. The minimum atomic E-state index is -0.488. The summed E-state index contributed by atoms with van der Waals surface area (Å²) in [7, 11) is 1.60. The number of rotatable bonds is 6. The lowest BCUT2D eigenvalue weighted by atomic mass is 9.75. The van der Waals surface area contributed by atoms with Crippen molar-refractivity contribution in [1.29, 1.82) is 0 Å². The first kappa shape index (κ1) is 22.5. The Morgan fingerprint density at radius 3 is 2.48 bits per heavy atom. The predicted octanol–water partition coefficient (Wildman–Crippen LogP) is 5.23. The highest BCUT2D eigenvalue weighted by atomic mass is 16.5. The molecule has 0 bridgehead atoms. The van der Waals surface area contributed by atoms with E-state index in [9.17, 15) is 14.4 Å². The maximum Gasteiger partial charge on any atom is 0.334 e. The van der Waals surface area contributed by atoms with Gasteiger partial charge in [-0.2, -0.15) is 0 Å². The Morgan fingerprint density at radius 1 is 1.09 bits per heavy atom. The van der Waals surface area contributed by atoms with Gasteiger partial charge in [0.15, 0.2) is 5.78 Å². The Bertz CT molecular complexity index is 1210. The highest BCUT2D eigenvalue weighted by molar-refractivity contribution is 6.17. The molecule has 4 rings (SSSR count). The number of methoxy groups -OCH3 is 1. The predicted molar refractivity (Wildman–Crippen MR) is 126 cm³/mol. The average molecular weight is 443 g/mol. The molecule has 2 aliphatic rings. The molecular formula is C28H26O5. The van der Waals surface area contributed by atoms with E-state index in [0.717, 1.165) is 28.6 Å². The molecule has 33 heavy (non-hydrogen) atoms. The molecule has 2 aromatic rings. The van der Waals surface area contributed by atoms with E-state index in [1.807, 2.05) is 43.3 Å². The van der Waals surface area contributed by atoms with Crippen LogP contribution in [0.15, 0.2) is 76.4 Å². The summed E-state index contributed by atoms with van der Waals surface area (Å²) in [6.07, 6.45) is 3.73. The molecular weight excluding hydrogens is 416 g/mol. The third kappa shape index (κ3) is 4.31. The highest BCUT2D eigenvalue weighted by Crippen LogP contribution is 2.49. The van der Waals surface area contributed by atoms with E-state index < -0.39 is 5.92 Å². The van der Waals surface area contributed by atoms with Gasteiger partial charge in [-0.1, -0.05) is 41.5 Å². The Kier molecular flexibility index (Phi) is 6.40. The van der Waals surface area contributed by atoms with Crippen LogP contribution in [0.2, 0.25) is 0 Å². The minimum Gasteiger partial charge on any atom is -0.497 e. The number of hydrogen-bond acceptors (Lipinski definition) is 5. The standard InChI is InChI=1S/C28H26O5/c1-4-33-28(31)24-17(2)12-21-15-22(14-18-6-5-7-19(13-18)16-29)27(30)26(21)25(24)20-8-10-23(32-3)11-9-20/h5-11,13-14,16,25H,4,12,15H2,1-3H3. The van der Waals surface area contributed by atoms with Gasteiger partial charge in [-0.05, 0) is 62.1 Å². The Balaban J connectivity index is 1.78. The van der Waals surface area contributed by atoms with Crippen LogP contribution in [0.4, 0.5) is 0 Å². The Hall–Kier alpha value is -3.73. The van der Waals surface area contributed by atoms with Crippen molar-refractivity contribution in [3.63, 3.8) is 0 Å². The molecule has 0 amide bonds. The maximum atomic E-state index is 13.6. The van der Waals surface area contributed by atoms with Crippen LogP contribution in [0.5, 0.6) is 5.75 Å². The monoisotopic (exact) mass is 442 g/mol. The van der Waals surface area contributed by atoms with Crippen LogP contribution in [-0.2, 0) is 14.3 Å². The second-order valence-electron chi connectivity index (χ2n) is 8.28. The molecule has 5 heteroatoms.